The van der Waals surface area contributed by atoms with Gasteiger partial charge in [0, 0.05) is 11.6 Å². The molecule has 2 rings (SSSR count). The SMILES string of the molecule is COc1cccc(-c2cc([N+](=O)[O-])cc(Cl)n2)c1. The first-order valence-electron chi connectivity index (χ1n) is 5.06. The summed E-state index contributed by atoms with van der Waals surface area (Å²) in [6.45, 7) is 0. The average molecular weight is 265 g/mol. The predicted octanol–water partition coefficient (Wildman–Crippen LogP) is 3.32. The van der Waals surface area contributed by atoms with Gasteiger partial charge in [0.25, 0.3) is 5.69 Å². The fourth-order valence-corrected chi connectivity index (χ4v) is 1.72. The molecule has 5 nitrogen and oxygen atoms in total. The summed E-state index contributed by atoms with van der Waals surface area (Å²) in [6.07, 6.45) is 0. The Kier molecular flexibility index (Phi) is 3.43. The highest BCUT2D eigenvalue weighted by Crippen LogP contribution is 2.27. The Bertz CT molecular complexity index is 602. The molecular formula is C12H9ClN2O3. The van der Waals surface area contributed by atoms with Crippen LogP contribution >= 0.6 is 11.6 Å². The maximum atomic E-state index is 10.8. The number of hydrogen-bond acceptors (Lipinski definition) is 4. The van der Waals surface area contributed by atoms with Crippen molar-refractivity contribution in [2.24, 2.45) is 0 Å². The molecule has 2 aromatic rings. The van der Waals surface area contributed by atoms with E-state index in [0.717, 1.165) is 0 Å². The van der Waals surface area contributed by atoms with E-state index >= 15 is 0 Å². The summed E-state index contributed by atoms with van der Waals surface area (Å²) >= 11 is 5.77. The molecule has 1 aromatic heterocycles. The standard InChI is InChI=1S/C12H9ClN2O3/c1-18-10-4-2-3-8(5-10)11-6-9(15(16)17)7-12(13)14-11/h2-7H,1H3. The molecule has 1 heterocycles. The minimum Gasteiger partial charge on any atom is -0.497 e. The molecule has 0 fully saturated rings. The summed E-state index contributed by atoms with van der Waals surface area (Å²) in [7, 11) is 1.55. The van der Waals surface area contributed by atoms with E-state index in [1.165, 1.54) is 12.1 Å². The van der Waals surface area contributed by atoms with Crippen LogP contribution in [0.5, 0.6) is 5.75 Å². The summed E-state index contributed by atoms with van der Waals surface area (Å²) in [5.41, 5.74) is 1.06. The Morgan fingerprint density at radius 2 is 2.11 bits per heavy atom. The van der Waals surface area contributed by atoms with Crippen LogP contribution in [0.2, 0.25) is 5.15 Å². The van der Waals surface area contributed by atoms with Crippen molar-refractivity contribution in [2.75, 3.05) is 7.11 Å². The average Bonchev–Trinajstić information content (AvgIpc) is 2.38. The van der Waals surface area contributed by atoms with Crippen molar-refractivity contribution in [1.29, 1.82) is 0 Å². The van der Waals surface area contributed by atoms with Crippen molar-refractivity contribution >= 4 is 17.3 Å². The van der Waals surface area contributed by atoms with Crippen LogP contribution in [0.1, 0.15) is 0 Å². The highest BCUT2D eigenvalue weighted by atomic mass is 35.5. The second-order valence-corrected chi connectivity index (χ2v) is 3.91. The number of rotatable bonds is 3. The number of aromatic nitrogens is 1. The van der Waals surface area contributed by atoms with Crippen molar-refractivity contribution in [3.8, 4) is 17.0 Å². The fraction of sp³-hybridized carbons (Fsp3) is 0.0833. The number of nitrogens with zero attached hydrogens (tertiary/aromatic N) is 2. The minimum atomic E-state index is -0.503. The summed E-state index contributed by atoms with van der Waals surface area (Å²) in [5.74, 6) is 0.650. The number of nitro groups is 1. The zero-order chi connectivity index (χ0) is 13.1. The van der Waals surface area contributed by atoms with Crippen molar-refractivity contribution in [3.63, 3.8) is 0 Å². The lowest BCUT2D eigenvalue weighted by Gasteiger charge is -2.04. The lowest BCUT2D eigenvalue weighted by atomic mass is 10.1. The molecule has 0 radical (unpaired) electrons. The van der Waals surface area contributed by atoms with Gasteiger partial charge in [-0.3, -0.25) is 10.1 Å². The third-order valence-corrected chi connectivity index (χ3v) is 2.55. The van der Waals surface area contributed by atoms with Crippen LogP contribution in [0.15, 0.2) is 36.4 Å². The Labute approximate surface area is 108 Å². The maximum absolute atomic E-state index is 10.8. The van der Waals surface area contributed by atoms with Crippen LogP contribution < -0.4 is 4.74 Å². The van der Waals surface area contributed by atoms with Gasteiger partial charge in [0.15, 0.2) is 0 Å². The summed E-state index contributed by atoms with van der Waals surface area (Å²) < 4.78 is 5.09. The van der Waals surface area contributed by atoms with Crippen LogP contribution in [-0.2, 0) is 0 Å². The van der Waals surface area contributed by atoms with Crippen LogP contribution in [0.25, 0.3) is 11.3 Å². The Morgan fingerprint density at radius 3 is 2.78 bits per heavy atom. The van der Waals surface area contributed by atoms with Gasteiger partial charge in [-0.25, -0.2) is 4.98 Å². The van der Waals surface area contributed by atoms with Gasteiger partial charge in [0.2, 0.25) is 0 Å². The molecule has 0 aliphatic rings. The molecule has 0 aliphatic heterocycles. The lowest BCUT2D eigenvalue weighted by molar-refractivity contribution is -0.384. The zero-order valence-corrected chi connectivity index (χ0v) is 10.2. The number of halogens is 1. The Morgan fingerprint density at radius 1 is 1.33 bits per heavy atom. The van der Waals surface area contributed by atoms with Gasteiger partial charge in [-0.1, -0.05) is 23.7 Å². The summed E-state index contributed by atoms with van der Waals surface area (Å²) in [5, 5.41) is 10.8. The quantitative estimate of drug-likeness (QED) is 0.485. The normalized spacial score (nSPS) is 10.1. The number of hydrogen-bond donors (Lipinski definition) is 0. The van der Waals surface area contributed by atoms with Crippen LogP contribution in [0.3, 0.4) is 0 Å². The highest BCUT2D eigenvalue weighted by Gasteiger charge is 2.11. The molecule has 1 aromatic carbocycles. The first-order valence-corrected chi connectivity index (χ1v) is 5.44. The van der Waals surface area contributed by atoms with E-state index in [0.29, 0.717) is 17.0 Å². The van der Waals surface area contributed by atoms with E-state index in [1.807, 2.05) is 0 Å². The van der Waals surface area contributed by atoms with Gasteiger partial charge in [0.05, 0.1) is 23.8 Å². The molecule has 6 heteroatoms. The van der Waals surface area contributed by atoms with Crippen molar-refractivity contribution < 1.29 is 9.66 Å². The molecule has 0 atom stereocenters. The molecule has 0 aliphatic carbocycles. The van der Waals surface area contributed by atoms with E-state index in [9.17, 15) is 10.1 Å². The van der Waals surface area contributed by atoms with E-state index in [2.05, 4.69) is 4.98 Å². The smallest absolute Gasteiger partial charge is 0.274 e. The summed E-state index contributed by atoms with van der Waals surface area (Å²) in [4.78, 5) is 14.3. The number of methoxy groups -OCH3 is 1. The van der Waals surface area contributed by atoms with Gasteiger partial charge in [-0.05, 0) is 12.1 Å². The second kappa shape index (κ2) is 5.01. The number of ether oxygens (including phenoxy) is 1. The molecule has 0 saturated heterocycles. The lowest BCUT2D eigenvalue weighted by Crippen LogP contribution is -1.92. The van der Waals surface area contributed by atoms with E-state index in [-0.39, 0.29) is 10.8 Å². The van der Waals surface area contributed by atoms with Gasteiger partial charge >= 0.3 is 0 Å². The third-order valence-electron chi connectivity index (χ3n) is 2.36. The molecule has 92 valence electrons. The number of pyridine rings is 1. The van der Waals surface area contributed by atoms with Gasteiger partial charge in [-0.2, -0.15) is 0 Å². The largest absolute Gasteiger partial charge is 0.497 e. The Hall–Kier alpha value is -2.14. The second-order valence-electron chi connectivity index (χ2n) is 3.52. The molecule has 0 N–H and O–H groups in total. The van der Waals surface area contributed by atoms with Crippen LogP contribution in [0, 0.1) is 10.1 Å². The first-order chi connectivity index (χ1) is 8.60. The third kappa shape index (κ3) is 2.57. The van der Waals surface area contributed by atoms with E-state index in [1.54, 1.807) is 31.4 Å². The Balaban J connectivity index is 2.52. The zero-order valence-electron chi connectivity index (χ0n) is 9.46. The van der Waals surface area contributed by atoms with Gasteiger partial charge in [0.1, 0.15) is 10.9 Å². The predicted molar refractivity (Wildman–Crippen MR) is 67.9 cm³/mol. The fourth-order valence-electron chi connectivity index (χ4n) is 1.52. The van der Waals surface area contributed by atoms with Crippen LogP contribution in [-0.4, -0.2) is 17.0 Å². The molecular weight excluding hydrogens is 256 g/mol. The van der Waals surface area contributed by atoms with Gasteiger partial charge in [-0.15, -0.1) is 0 Å². The summed E-state index contributed by atoms with van der Waals surface area (Å²) in [6, 6.07) is 9.67. The molecule has 0 bridgehead atoms. The van der Waals surface area contributed by atoms with Gasteiger partial charge < -0.3 is 4.74 Å². The van der Waals surface area contributed by atoms with Crippen molar-refractivity contribution in [2.45, 2.75) is 0 Å². The monoisotopic (exact) mass is 264 g/mol. The van der Waals surface area contributed by atoms with Crippen LogP contribution in [0.4, 0.5) is 5.69 Å². The molecule has 0 amide bonds. The van der Waals surface area contributed by atoms with Crippen molar-refractivity contribution in [1.82, 2.24) is 4.98 Å². The molecule has 0 saturated carbocycles. The minimum absolute atomic E-state index is 0.0852. The topological polar surface area (TPSA) is 65.3 Å². The number of benzene rings is 1. The first kappa shape index (κ1) is 12.3. The molecule has 0 unspecified atom stereocenters. The van der Waals surface area contributed by atoms with Crippen molar-refractivity contribution in [3.05, 3.63) is 51.7 Å². The maximum Gasteiger partial charge on any atom is 0.274 e. The van der Waals surface area contributed by atoms with E-state index in [4.69, 9.17) is 16.3 Å². The molecule has 18 heavy (non-hydrogen) atoms. The molecule has 0 spiro atoms. The van der Waals surface area contributed by atoms with E-state index < -0.39 is 4.92 Å². The highest BCUT2D eigenvalue weighted by molar-refractivity contribution is 6.29.